The molecular weight excluding hydrogens is 428 g/mol. The van der Waals surface area contributed by atoms with Gasteiger partial charge in [-0.15, -0.1) is 0 Å². The Kier molecular flexibility index (Phi) is 6.77. The molecule has 1 amide bonds. The number of fused-ring (bicyclic) bond motifs is 1. The number of nitrogens with zero attached hydrogens (tertiary/aromatic N) is 2. The molecule has 1 aliphatic heterocycles. The molecule has 0 radical (unpaired) electrons. The van der Waals surface area contributed by atoms with Crippen molar-refractivity contribution in [3.63, 3.8) is 0 Å². The van der Waals surface area contributed by atoms with Crippen LogP contribution >= 0.6 is 0 Å². The Bertz CT molecular complexity index is 1180. The minimum atomic E-state index is -0.516. The van der Waals surface area contributed by atoms with E-state index < -0.39 is 5.60 Å². The largest absolute Gasteiger partial charge is 0.497 e. The van der Waals surface area contributed by atoms with Crippen molar-refractivity contribution >= 4 is 6.09 Å². The Morgan fingerprint density at radius 1 is 1.06 bits per heavy atom. The third kappa shape index (κ3) is 5.68. The van der Waals surface area contributed by atoms with Crippen LogP contribution in [0.3, 0.4) is 0 Å². The van der Waals surface area contributed by atoms with Crippen LogP contribution in [0.15, 0.2) is 54.7 Å². The van der Waals surface area contributed by atoms with Crippen molar-refractivity contribution in [1.82, 2.24) is 9.88 Å². The zero-order valence-corrected chi connectivity index (χ0v) is 20.6. The van der Waals surface area contributed by atoms with Crippen LogP contribution in [0.1, 0.15) is 43.2 Å². The van der Waals surface area contributed by atoms with Crippen LogP contribution in [0, 0.1) is 6.92 Å². The Hall–Kier alpha value is -3.54. The first kappa shape index (κ1) is 23.6. The smallest absolute Gasteiger partial charge is 0.410 e. The summed E-state index contributed by atoms with van der Waals surface area (Å²) in [7, 11) is 1.65. The molecule has 178 valence electrons. The molecule has 1 aromatic heterocycles. The van der Waals surface area contributed by atoms with Crippen LogP contribution in [-0.4, -0.2) is 35.2 Å². The lowest BCUT2D eigenvalue weighted by Gasteiger charge is -2.31. The van der Waals surface area contributed by atoms with E-state index in [0.717, 1.165) is 45.9 Å². The van der Waals surface area contributed by atoms with Crippen molar-refractivity contribution in [2.24, 2.45) is 0 Å². The lowest BCUT2D eigenvalue weighted by atomic mass is 9.94. The molecule has 6 nitrogen and oxygen atoms in total. The van der Waals surface area contributed by atoms with Gasteiger partial charge in [0.2, 0.25) is 0 Å². The van der Waals surface area contributed by atoms with Gasteiger partial charge in [0, 0.05) is 24.8 Å². The normalized spacial score (nSPS) is 13.3. The van der Waals surface area contributed by atoms with Gasteiger partial charge >= 0.3 is 6.09 Å². The highest BCUT2D eigenvalue weighted by atomic mass is 16.6. The summed E-state index contributed by atoms with van der Waals surface area (Å²) in [5, 5.41) is 0. The first-order valence-corrected chi connectivity index (χ1v) is 11.5. The van der Waals surface area contributed by atoms with Crippen LogP contribution in [-0.2, 0) is 24.3 Å². The van der Waals surface area contributed by atoms with Crippen LogP contribution in [0.5, 0.6) is 11.5 Å². The third-order valence-corrected chi connectivity index (χ3v) is 5.72. The molecule has 0 atom stereocenters. The maximum absolute atomic E-state index is 12.6. The van der Waals surface area contributed by atoms with Crippen LogP contribution in [0.4, 0.5) is 4.79 Å². The lowest BCUT2D eigenvalue weighted by Crippen LogP contribution is -2.39. The monoisotopic (exact) mass is 460 g/mol. The molecule has 2 heterocycles. The van der Waals surface area contributed by atoms with Crippen LogP contribution < -0.4 is 9.47 Å². The maximum Gasteiger partial charge on any atom is 0.410 e. The van der Waals surface area contributed by atoms with Crippen LogP contribution in [0.25, 0.3) is 11.1 Å². The molecule has 0 unspecified atom stereocenters. The van der Waals surface area contributed by atoms with E-state index in [9.17, 15) is 4.79 Å². The predicted octanol–water partition coefficient (Wildman–Crippen LogP) is 5.94. The fraction of sp³-hybridized carbons (Fsp3) is 0.357. The first-order chi connectivity index (χ1) is 16.2. The van der Waals surface area contributed by atoms with Gasteiger partial charge in [-0.25, -0.2) is 4.79 Å². The molecule has 3 aromatic rings. The van der Waals surface area contributed by atoms with E-state index in [0.29, 0.717) is 19.7 Å². The quantitative estimate of drug-likeness (QED) is 0.472. The summed E-state index contributed by atoms with van der Waals surface area (Å²) in [6.07, 6.45) is 2.32. The van der Waals surface area contributed by atoms with E-state index in [1.807, 2.05) is 58.0 Å². The summed E-state index contributed by atoms with van der Waals surface area (Å²) in [5.74, 6) is 1.51. The second kappa shape index (κ2) is 9.75. The fourth-order valence-corrected chi connectivity index (χ4v) is 4.02. The van der Waals surface area contributed by atoms with Gasteiger partial charge in [0.15, 0.2) is 0 Å². The first-order valence-electron chi connectivity index (χ1n) is 11.5. The number of aryl methyl sites for hydroxylation is 1. The summed E-state index contributed by atoms with van der Waals surface area (Å²) >= 11 is 0. The number of benzene rings is 2. The number of ether oxygens (including phenoxy) is 3. The van der Waals surface area contributed by atoms with Gasteiger partial charge in [-0.3, -0.25) is 4.98 Å². The number of carbonyl (C=O) groups excluding carboxylic acids is 1. The van der Waals surface area contributed by atoms with Gasteiger partial charge in [0.25, 0.3) is 0 Å². The number of hydrogen-bond donors (Lipinski definition) is 0. The van der Waals surface area contributed by atoms with Crippen molar-refractivity contribution in [2.75, 3.05) is 13.7 Å². The summed E-state index contributed by atoms with van der Waals surface area (Å²) in [4.78, 5) is 18.8. The molecule has 0 saturated carbocycles. The average molecular weight is 461 g/mol. The third-order valence-electron chi connectivity index (χ3n) is 5.72. The van der Waals surface area contributed by atoms with Crippen molar-refractivity contribution in [2.45, 2.75) is 52.9 Å². The Morgan fingerprint density at radius 3 is 2.62 bits per heavy atom. The Morgan fingerprint density at radius 2 is 1.88 bits per heavy atom. The zero-order valence-electron chi connectivity index (χ0n) is 20.6. The van der Waals surface area contributed by atoms with Crippen molar-refractivity contribution in [1.29, 1.82) is 0 Å². The minimum absolute atomic E-state index is 0.278. The standard InChI is InChI=1S/C28H32N2O4/c1-19-10-12-29-23(14-19)18-33-26-9-8-24(32-5)16-25(26)21-7-6-20-11-13-30(17-22(20)15-21)27(31)34-28(2,3)4/h6-10,12,14-16H,11,13,17-18H2,1-5H3. The molecule has 2 aromatic carbocycles. The maximum atomic E-state index is 12.6. The van der Waals surface area contributed by atoms with E-state index in [2.05, 4.69) is 23.2 Å². The predicted molar refractivity (Wildman–Crippen MR) is 132 cm³/mol. The SMILES string of the molecule is COc1ccc(OCc2cc(C)ccn2)c(-c2ccc3c(c2)CN(C(=O)OC(C)(C)C)CC3)c1. The molecular formula is C28H32N2O4. The number of rotatable bonds is 5. The summed E-state index contributed by atoms with van der Waals surface area (Å²) in [6.45, 7) is 9.24. The number of carbonyl (C=O) groups is 1. The highest BCUT2D eigenvalue weighted by molar-refractivity contribution is 5.74. The number of amides is 1. The molecule has 1 aliphatic rings. The number of methoxy groups -OCH3 is 1. The molecule has 6 heteroatoms. The number of pyridine rings is 1. The molecule has 0 fully saturated rings. The molecule has 0 spiro atoms. The lowest BCUT2D eigenvalue weighted by molar-refractivity contribution is 0.0224. The average Bonchev–Trinajstić information content (AvgIpc) is 2.81. The summed E-state index contributed by atoms with van der Waals surface area (Å²) < 4.78 is 17.3. The van der Waals surface area contributed by atoms with Crippen molar-refractivity contribution in [3.8, 4) is 22.6 Å². The van der Waals surface area contributed by atoms with Gasteiger partial charge < -0.3 is 19.1 Å². The second-order valence-electron chi connectivity index (χ2n) is 9.61. The number of hydrogen-bond acceptors (Lipinski definition) is 5. The van der Waals surface area contributed by atoms with Gasteiger partial charge in [-0.2, -0.15) is 0 Å². The minimum Gasteiger partial charge on any atom is -0.497 e. The summed E-state index contributed by atoms with van der Waals surface area (Å²) in [5.41, 5.74) is 5.81. The highest BCUT2D eigenvalue weighted by Crippen LogP contribution is 2.36. The van der Waals surface area contributed by atoms with E-state index in [1.54, 1.807) is 18.2 Å². The molecule has 0 N–H and O–H groups in total. The van der Waals surface area contributed by atoms with E-state index in [4.69, 9.17) is 14.2 Å². The topological polar surface area (TPSA) is 60.9 Å². The summed E-state index contributed by atoms with van der Waals surface area (Å²) in [6, 6.07) is 16.2. The highest BCUT2D eigenvalue weighted by Gasteiger charge is 2.26. The van der Waals surface area contributed by atoms with Gasteiger partial charge in [-0.05, 0) is 92.8 Å². The Balaban J connectivity index is 1.60. The van der Waals surface area contributed by atoms with Crippen LogP contribution in [0.2, 0.25) is 0 Å². The molecule has 4 rings (SSSR count). The van der Waals surface area contributed by atoms with E-state index in [-0.39, 0.29) is 6.09 Å². The van der Waals surface area contributed by atoms with Gasteiger partial charge in [0.1, 0.15) is 23.7 Å². The molecule has 0 saturated heterocycles. The van der Waals surface area contributed by atoms with E-state index >= 15 is 0 Å². The van der Waals surface area contributed by atoms with Gasteiger partial charge in [-0.1, -0.05) is 12.1 Å². The number of aromatic nitrogens is 1. The Labute approximate surface area is 201 Å². The van der Waals surface area contributed by atoms with Gasteiger partial charge in [0.05, 0.1) is 12.8 Å². The zero-order chi connectivity index (χ0) is 24.3. The second-order valence-corrected chi connectivity index (χ2v) is 9.61. The fourth-order valence-electron chi connectivity index (χ4n) is 4.02. The van der Waals surface area contributed by atoms with E-state index in [1.165, 1.54) is 5.56 Å². The van der Waals surface area contributed by atoms with Crippen molar-refractivity contribution in [3.05, 3.63) is 77.1 Å². The molecule has 0 bridgehead atoms. The molecule has 34 heavy (non-hydrogen) atoms. The molecule has 0 aliphatic carbocycles. The van der Waals surface area contributed by atoms with Crippen molar-refractivity contribution < 1.29 is 19.0 Å².